The largest absolute Gasteiger partial charge is 0.336 e. The second-order valence-electron chi connectivity index (χ2n) is 4.20. The van der Waals surface area contributed by atoms with Crippen molar-refractivity contribution in [2.75, 3.05) is 7.05 Å². The van der Waals surface area contributed by atoms with Crippen LogP contribution in [-0.4, -0.2) is 16.6 Å². The van der Waals surface area contributed by atoms with E-state index in [9.17, 15) is 0 Å². The summed E-state index contributed by atoms with van der Waals surface area (Å²) >= 11 is 0. The molecule has 90 valence electrons. The monoisotopic (exact) mass is 229 g/mol. The number of rotatable bonds is 5. The summed E-state index contributed by atoms with van der Waals surface area (Å²) in [6, 6.07) is 9.14. The Hall–Kier alpha value is -1.61. The normalized spacial score (nSPS) is 12.6. The maximum absolute atomic E-state index is 4.07. The zero-order valence-corrected chi connectivity index (χ0v) is 10.4. The van der Waals surface area contributed by atoms with Crippen molar-refractivity contribution < 1.29 is 0 Å². The van der Waals surface area contributed by atoms with Gasteiger partial charge in [-0.25, -0.2) is 4.98 Å². The summed E-state index contributed by atoms with van der Waals surface area (Å²) in [6.07, 6.45) is 6.74. The molecule has 1 heterocycles. The van der Waals surface area contributed by atoms with Crippen molar-refractivity contribution in [2.45, 2.75) is 25.9 Å². The van der Waals surface area contributed by atoms with Gasteiger partial charge in [0, 0.05) is 25.0 Å². The van der Waals surface area contributed by atoms with Gasteiger partial charge in [-0.15, -0.1) is 0 Å². The first kappa shape index (κ1) is 11.9. The Morgan fingerprint density at radius 1 is 1.29 bits per heavy atom. The molecule has 1 atom stereocenters. The molecule has 3 nitrogen and oxygen atoms in total. The third-order valence-electron chi connectivity index (χ3n) is 3.09. The number of aryl methyl sites for hydroxylation is 1. The molecule has 1 unspecified atom stereocenters. The number of benzene rings is 1. The summed E-state index contributed by atoms with van der Waals surface area (Å²) in [5.41, 5.74) is 2.70. The summed E-state index contributed by atoms with van der Waals surface area (Å²) in [5.74, 6) is 0. The van der Waals surface area contributed by atoms with E-state index in [1.807, 2.05) is 25.8 Å². The van der Waals surface area contributed by atoms with Crippen LogP contribution in [0.2, 0.25) is 0 Å². The third-order valence-corrected chi connectivity index (χ3v) is 3.09. The van der Waals surface area contributed by atoms with Gasteiger partial charge < -0.3 is 9.88 Å². The van der Waals surface area contributed by atoms with Crippen molar-refractivity contribution in [1.82, 2.24) is 14.9 Å². The second kappa shape index (κ2) is 5.64. The average molecular weight is 229 g/mol. The van der Waals surface area contributed by atoms with Gasteiger partial charge in [0.15, 0.2) is 0 Å². The molecule has 0 saturated carbocycles. The molecule has 1 aromatic carbocycles. The molecule has 3 heteroatoms. The number of likely N-dealkylation sites (N-methyl/N-ethyl adjacent to an activating group) is 1. The molecule has 0 aliphatic heterocycles. The molecule has 0 radical (unpaired) electrons. The van der Waals surface area contributed by atoms with Crippen LogP contribution in [-0.2, 0) is 13.0 Å². The predicted molar refractivity (Wildman–Crippen MR) is 69.8 cm³/mol. The molecule has 0 fully saturated rings. The minimum atomic E-state index is 0.329. The highest BCUT2D eigenvalue weighted by Gasteiger charge is 2.09. The Bertz CT molecular complexity index is 431. The molecular formula is C14H19N3. The molecule has 0 saturated heterocycles. The van der Waals surface area contributed by atoms with E-state index in [4.69, 9.17) is 0 Å². The van der Waals surface area contributed by atoms with E-state index < -0.39 is 0 Å². The maximum Gasteiger partial charge on any atom is 0.0946 e. The minimum absolute atomic E-state index is 0.329. The Morgan fingerprint density at radius 3 is 2.59 bits per heavy atom. The van der Waals surface area contributed by atoms with Gasteiger partial charge >= 0.3 is 0 Å². The van der Waals surface area contributed by atoms with E-state index in [2.05, 4.69) is 46.1 Å². The fourth-order valence-electron chi connectivity index (χ4n) is 1.95. The molecular weight excluding hydrogens is 210 g/mol. The lowest BCUT2D eigenvalue weighted by atomic mass is 10.0. The molecule has 0 bridgehead atoms. The van der Waals surface area contributed by atoms with Gasteiger partial charge in [0.2, 0.25) is 0 Å². The van der Waals surface area contributed by atoms with Crippen molar-refractivity contribution in [3.63, 3.8) is 0 Å². The first-order chi connectivity index (χ1) is 8.33. The minimum Gasteiger partial charge on any atom is -0.336 e. The van der Waals surface area contributed by atoms with Crippen LogP contribution in [0.1, 0.15) is 24.1 Å². The molecule has 1 aromatic heterocycles. The third kappa shape index (κ3) is 2.94. The predicted octanol–water partition coefficient (Wildman–Crippen LogP) is 2.41. The van der Waals surface area contributed by atoms with Gasteiger partial charge in [0.25, 0.3) is 0 Å². The van der Waals surface area contributed by atoms with E-state index in [1.165, 1.54) is 11.1 Å². The Morgan fingerprint density at radius 2 is 2.06 bits per heavy atom. The van der Waals surface area contributed by atoms with Crippen LogP contribution >= 0.6 is 0 Å². The highest BCUT2D eigenvalue weighted by atomic mass is 15.1. The number of hydrogen-bond acceptors (Lipinski definition) is 2. The summed E-state index contributed by atoms with van der Waals surface area (Å²) in [4.78, 5) is 4.07. The van der Waals surface area contributed by atoms with Crippen molar-refractivity contribution >= 4 is 0 Å². The van der Waals surface area contributed by atoms with Gasteiger partial charge in [-0.2, -0.15) is 0 Å². The average Bonchev–Trinajstić information content (AvgIpc) is 2.89. The van der Waals surface area contributed by atoms with Gasteiger partial charge in [-0.05, 0) is 24.6 Å². The van der Waals surface area contributed by atoms with Gasteiger partial charge in [0.1, 0.15) is 0 Å². The van der Waals surface area contributed by atoms with E-state index in [0.717, 1.165) is 13.0 Å². The van der Waals surface area contributed by atoms with E-state index in [-0.39, 0.29) is 0 Å². The topological polar surface area (TPSA) is 29.9 Å². The van der Waals surface area contributed by atoms with Gasteiger partial charge in [-0.1, -0.05) is 31.2 Å². The molecule has 0 aliphatic carbocycles. The lowest BCUT2D eigenvalue weighted by Crippen LogP contribution is -2.21. The summed E-state index contributed by atoms with van der Waals surface area (Å²) in [5, 5.41) is 3.35. The summed E-state index contributed by atoms with van der Waals surface area (Å²) in [6.45, 7) is 3.08. The van der Waals surface area contributed by atoms with Crippen LogP contribution in [0.5, 0.6) is 0 Å². The van der Waals surface area contributed by atoms with Crippen LogP contribution in [0.3, 0.4) is 0 Å². The standard InChI is InChI=1S/C14H19N3/c1-3-12-4-6-13(7-5-12)14(15-2)10-17-9-8-16-11-17/h4-9,11,14-15H,3,10H2,1-2H3. The SMILES string of the molecule is CCc1ccc(C(Cn2ccnc2)NC)cc1. The van der Waals surface area contributed by atoms with Gasteiger partial charge in [0.05, 0.1) is 6.33 Å². The number of aromatic nitrogens is 2. The number of nitrogens with zero attached hydrogens (tertiary/aromatic N) is 2. The molecule has 0 amide bonds. The second-order valence-corrected chi connectivity index (χ2v) is 4.20. The van der Waals surface area contributed by atoms with Crippen LogP contribution in [0.4, 0.5) is 0 Å². The van der Waals surface area contributed by atoms with Crippen molar-refractivity contribution in [3.8, 4) is 0 Å². The fourth-order valence-corrected chi connectivity index (χ4v) is 1.95. The smallest absolute Gasteiger partial charge is 0.0946 e. The lowest BCUT2D eigenvalue weighted by Gasteiger charge is -2.17. The van der Waals surface area contributed by atoms with Crippen LogP contribution in [0.25, 0.3) is 0 Å². The number of nitrogens with one attached hydrogen (secondary N) is 1. The van der Waals surface area contributed by atoms with Crippen molar-refractivity contribution in [1.29, 1.82) is 0 Å². The molecule has 2 rings (SSSR count). The molecule has 2 aromatic rings. The first-order valence-corrected chi connectivity index (χ1v) is 6.05. The quantitative estimate of drug-likeness (QED) is 0.853. The highest BCUT2D eigenvalue weighted by molar-refractivity contribution is 5.25. The Kier molecular flexibility index (Phi) is 3.94. The van der Waals surface area contributed by atoms with Crippen molar-refractivity contribution in [2.24, 2.45) is 0 Å². The maximum atomic E-state index is 4.07. The molecule has 1 N–H and O–H groups in total. The van der Waals surface area contributed by atoms with Crippen LogP contribution in [0.15, 0.2) is 43.0 Å². The Balaban J connectivity index is 2.11. The zero-order valence-electron chi connectivity index (χ0n) is 10.4. The first-order valence-electron chi connectivity index (χ1n) is 6.05. The lowest BCUT2D eigenvalue weighted by molar-refractivity contribution is 0.500. The number of hydrogen-bond donors (Lipinski definition) is 1. The van der Waals surface area contributed by atoms with Crippen LogP contribution < -0.4 is 5.32 Å². The summed E-state index contributed by atoms with van der Waals surface area (Å²) in [7, 11) is 2.00. The van der Waals surface area contributed by atoms with Gasteiger partial charge in [-0.3, -0.25) is 0 Å². The van der Waals surface area contributed by atoms with E-state index >= 15 is 0 Å². The van der Waals surface area contributed by atoms with E-state index in [1.54, 1.807) is 0 Å². The number of imidazole rings is 1. The summed E-state index contributed by atoms with van der Waals surface area (Å²) < 4.78 is 2.09. The zero-order chi connectivity index (χ0) is 12.1. The van der Waals surface area contributed by atoms with Crippen LogP contribution in [0, 0.1) is 0 Å². The van der Waals surface area contributed by atoms with E-state index in [0.29, 0.717) is 6.04 Å². The molecule has 17 heavy (non-hydrogen) atoms. The molecule has 0 spiro atoms. The molecule has 0 aliphatic rings. The fraction of sp³-hybridized carbons (Fsp3) is 0.357. The van der Waals surface area contributed by atoms with Crippen molar-refractivity contribution in [3.05, 3.63) is 54.1 Å². The Labute approximate surface area is 103 Å². The highest BCUT2D eigenvalue weighted by Crippen LogP contribution is 2.16.